The van der Waals surface area contributed by atoms with Crippen molar-refractivity contribution in [2.75, 3.05) is 24.5 Å². The fraction of sp³-hybridized carbons (Fsp3) is 0.625. The lowest BCUT2D eigenvalue weighted by Crippen LogP contribution is -2.46. The van der Waals surface area contributed by atoms with E-state index in [1.165, 1.54) is 5.56 Å². The van der Waals surface area contributed by atoms with Gasteiger partial charge in [0.2, 0.25) is 0 Å². The van der Waals surface area contributed by atoms with Gasteiger partial charge in [0.25, 0.3) is 0 Å². The molecule has 1 aromatic rings. The van der Waals surface area contributed by atoms with Gasteiger partial charge >= 0.3 is 0 Å². The quantitative estimate of drug-likeness (QED) is 0.819. The Kier molecular flexibility index (Phi) is 5.30. The summed E-state index contributed by atoms with van der Waals surface area (Å²) in [7, 11) is 0. The van der Waals surface area contributed by atoms with Crippen molar-refractivity contribution in [2.45, 2.75) is 45.3 Å². The highest BCUT2D eigenvalue weighted by Crippen LogP contribution is 2.31. The van der Waals surface area contributed by atoms with Crippen molar-refractivity contribution in [3.8, 4) is 0 Å². The Morgan fingerprint density at radius 2 is 2.25 bits per heavy atom. The molecule has 0 aromatic heterocycles. The monoisotopic (exact) mass is 296 g/mol. The van der Waals surface area contributed by atoms with E-state index in [0.29, 0.717) is 6.54 Å². The van der Waals surface area contributed by atoms with E-state index < -0.39 is 5.60 Å². The predicted octanol–water partition coefficient (Wildman–Crippen LogP) is 3.19. The Hall–Kier alpha value is -0.770. The van der Waals surface area contributed by atoms with Gasteiger partial charge in [-0.05, 0) is 50.4 Å². The number of aliphatic hydroxyl groups is 1. The van der Waals surface area contributed by atoms with Crippen LogP contribution in [0.15, 0.2) is 18.2 Å². The first kappa shape index (κ1) is 15.6. The average molecular weight is 297 g/mol. The minimum Gasteiger partial charge on any atom is -0.388 e. The largest absolute Gasteiger partial charge is 0.388 e. The van der Waals surface area contributed by atoms with Crippen molar-refractivity contribution >= 4 is 17.3 Å². The molecule has 1 atom stereocenters. The molecule has 0 bridgehead atoms. The first-order valence-electron chi connectivity index (χ1n) is 7.48. The topological polar surface area (TPSA) is 35.5 Å². The highest BCUT2D eigenvalue weighted by atomic mass is 35.5. The average Bonchev–Trinajstić information content (AvgIpc) is 2.38. The Balaban J connectivity index is 2.05. The zero-order chi connectivity index (χ0) is 14.6. The molecule has 2 N–H and O–H groups in total. The van der Waals surface area contributed by atoms with Gasteiger partial charge in [-0.15, -0.1) is 0 Å². The van der Waals surface area contributed by atoms with Gasteiger partial charge in [-0.25, -0.2) is 0 Å². The Labute approximate surface area is 126 Å². The maximum atomic E-state index is 10.2. The van der Waals surface area contributed by atoms with Crippen LogP contribution in [0.3, 0.4) is 0 Å². The molecule has 1 saturated heterocycles. The molecule has 0 amide bonds. The van der Waals surface area contributed by atoms with E-state index in [0.717, 1.165) is 49.6 Å². The third-order valence-electron chi connectivity index (χ3n) is 3.78. The third-order valence-corrected chi connectivity index (χ3v) is 4.09. The molecule has 20 heavy (non-hydrogen) atoms. The molecule has 1 aliphatic rings. The van der Waals surface area contributed by atoms with Gasteiger partial charge in [0, 0.05) is 19.6 Å². The van der Waals surface area contributed by atoms with Crippen LogP contribution in [0.2, 0.25) is 5.02 Å². The molecule has 0 spiro atoms. The lowest BCUT2D eigenvalue weighted by atomic mass is 9.94. The molecule has 1 aliphatic heterocycles. The molecule has 1 fully saturated rings. The number of anilines is 1. The van der Waals surface area contributed by atoms with Crippen LogP contribution in [0.1, 0.15) is 38.7 Å². The molecule has 0 aliphatic carbocycles. The molecule has 1 unspecified atom stereocenters. The lowest BCUT2D eigenvalue weighted by Gasteiger charge is -2.38. The van der Waals surface area contributed by atoms with Gasteiger partial charge in [-0.2, -0.15) is 0 Å². The van der Waals surface area contributed by atoms with E-state index in [2.05, 4.69) is 29.3 Å². The first-order chi connectivity index (χ1) is 9.52. The summed E-state index contributed by atoms with van der Waals surface area (Å²) < 4.78 is 0. The molecule has 0 radical (unpaired) electrons. The van der Waals surface area contributed by atoms with E-state index in [-0.39, 0.29) is 0 Å². The molecule has 112 valence electrons. The van der Waals surface area contributed by atoms with Crippen LogP contribution in [0.25, 0.3) is 0 Å². The molecule has 1 heterocycles. The summed E-state index contributed by atoms with van der Waals surface area (Å²) in [6.45, 7) is 7.55. The van der Waals surface area contributed by atoms with Gasteiger partial charge in [-0.1, -0.05) is 24.6 Å². The number of nitrogens with one attached hydrogen (secondary N) is 1. The van der Waals surface area contributed by atoms with Gasteiger partial charge in [-0.3, -0.25) is 0 Å². The summed E-state index contributed by atoms with van der Waals surface area (Å²) in [5, 5.41) is 14.4. The number of nitrogens with zero attached hydrogens (tertiary/aromatic N) is 1. The first-order valence-corrected chi connectivity index (χ1v) is 7.86. The summed E-state index contributed by atoms with van der Waals surface area (Å²) in [5.74, 6) is 0. The minimum atomic E-state index is -0.608. The fourth-order valence-corrected chi connectivity index (χ4v) is 3.07. The van der Waals surface area contributed by atoms with Crippen molar-refractivity contribution in [1.82, 2.24) is 5.32 Å². The molecule has 0 saturated carbocycles. The zero-order valence-corrected chi connectivity index (χ0v) is 13.2. The normalized spacial score (nSPS) is 23.1. The van der Waals surface area contributed by atoms with Crippen LogP contribution in [0.5, 0.6) is 0 Å². The summed E-state index contributed by atoms with van der Waals surface area (Å²) in [4.78, 5) is 2.19. The number of hydrogen-bond acceptors (Lipinski definition) is 3. The van der Waals surface area contributed by atoms with Crippen molar-refractivity contribution < 1.29 is 5.11 Å². The highest BCUT2D eigenvalue weighted by molar-refractivity contribution is 6.33. The molecule has 3 nitrogen and oxygen atoms in total. The molecular formula is C16H25ClN2O. The van der Waals surface area contributed by atoms with Crippen LogP contribution in [-0.4, -0.2) is 30.3 Å². The zero-order valence-electron chi connectivity index (χ0n) is 12.5. The van der Waals surface area contributed by atoms with Gasteiger partial charge in [0.1, 0.15) is 0 Å². The number of benzene rings is 1. The van der Waals surface area contributed by atoms with Crippen molar-refractivity contribution in [3.63, 3.8) is 0 Å². The number of halogens is 1. The summed E-state index contributed by atoms with van der Waals surface area (Å²) in [6, 6.07) is 6.22. The fourth-order valence-electron chi connectivity index (χ4n) is 2.75. The summed E-state index contributed by atoms with van der Waals surface area (Å²) in [5.41, 5.74) is 1.63. The molecular weight excluding hydrogens is 272 g/mol. The number of β-amino-alcohol motifs (C(OH)–C–C–N with tert-alkyl or cyclic N) is 1. The van der Waals surface area contributed by atoms with Crippen molar-refractivity contribution in [1.29, 1.82) is 0 Å². The predicted molar refractivity (Wildman–Crippen MR) is 85.5 cm³/mol. The molecule has 1 aromatic carbocycles. The highest BCUT2D eigenvalue weighted by Gasteiger charge is 2.29. The second-order valence-electron chi connectivity index (χ2n) is 5.98. The van der Waals surface area contributed by atoms with Crippen LogP contribution in [-0.2, 0) is 6.54 Å². The smallest absolute Gasteiger partial charge is 0.0794 e. The van der Waals surface area contributed by atoms with Crippen LogP contribution in [0.4, 0.5) is 5.69 Å². The van der Waals surface area contributed by atoms with E-state index in [1.54, 1.807) is 0 Å². The van der Waals surface area contributed by atoms with E-state index in [4.69, 9.17) is 11.6 Å². The van der Waals surface area contributed by atoms with E-state index in [1.807, 2.05) is 13.0 Å². The molecule has 4 heteroatoms. The maximum Gasteiger partial charge on any atom is 0.0794 e. The van der Waals surface area contributed by atoms with Crippen molar-refractivity contribution in [2.24, 2.45) is 0 Å². The Morgan fingerprint density at radius 1 is 1.45 bits per heavy atom. The van der Waals surface area contributed by atoms with Crippen LogP contribution >= 0.6 is 11.6 Å². The second kappa shape index (κ2) is 6.79. The van der Waals surface area contributed by atoms with E-state index >= 15 is 0 Å². The maximum absolute atomic E-state index is 10.2. The molecule has 2 rings (SSSR count). The van der Waals surface area contributed by atoms with Gasteiger partial charge < -0.3 is 15.3 Å². The SMILES string of the molecule is CCCNCc1ccc(N2CCCC(C)(O)C2)c(Cl)c1. The lowest BCUT2D eigenvalue weighted by molar-refractivity contribution is 0.0449. The summed E-state index contributed by atoms with van der Waals surface area (Å²) in [6.07, 6.45) is 3.00. The van der Waals surface area contributed by atoms with Crippen molar-refractivity contribution in [3.05, 3.63) is 28.8 Å². The minimum absolute atomic E-state index is 0.608. The number of hydrogen-bond donors (Lipinski definition) is 2. The Morgan fingerprint density at radius 3 is 2.90 bits per heavy atom. The van der Waals surface area contributed by atoms with Crippen LogP contribution < -0.4 is 10.2 Å². The second-order valence-corrected chi connectivity index (χ2v) is 6.39. The number of piperidine rings is 1. The van der Waals surface area contributed by atoms with Crippen LogP contribution in [0, 0.1) is 0 Å². The number of rotatable bonds is 5. The van der Waals surface area contributed by atoms with Gasteiger partial charge in [0.05, 0.1) is 16.3 Å². The standard InChI is InChI=1S/C16H25ClN2O/c1-3-8-18-11-13-5-6-15(14(17)10-13)19-9-4-7-16(2,20)12-19/h5-6,10,18,20H,3-4,7-9,11-12H2,1-2H3. The van der Waals surface area contributed by atoms with Gasteiger partial charge in [0.15, 0.2) is 0 Å². The van der Waals surface area contributed by atoms with E-state index in [9.17, 15) is 5.11 Å². The third kappa shape index (κ3) is 4.11. The Bertz CT molecular complexity index is 448. The summed E-state index contributed by atoms with van der Waals surface area (Å²) >= 11 is 6.42.